The van der Waals surface area contributed by atoms with Crippen molar-refractivity contribution in [3.05, 3.63) is 29.3 Å². The minimum Gasteiger partial charge on any atom is -0.493 e. The molecule has 1 aliphatic carbocycles. The van der Waals surface area contributed by atoms with Crippen LogP contribution >= 0.6 is 0 Å². The highest BCUT2D eigenvalue weighted by atomic mass is 16.5. The molecular formula is C19H26N2O2. The Morgan fingerprint density at radius 2 is 1.96 bits per heavy atom. The maximum absolute atomic E-state index is 12.4. The maximum atomic E-state index is 12.4. The summed E-state index contributed by atoms with van der Waals surface area (Å²) < 4.78 is 6.02. The molecule has 4 rings (SSSR count). The van der Waals surface area contributed by atoms with Crippen LogP contribution in [0.3, 0.4) is 0 Å². The van der Waals surface area contributed by atoms with Crippen LogP contribution < -0.4 is 15.4 Å². The Bertz CT molecular complexity index is 581. The van der Waals surface area contributed by atoms with Crippen molar-refractivity contribution in [3.8, 4) is 5.75 Å². The van der Waals surface area contributed by atoms with E-state index in [0.29, 0.717) is 17.8 Å². The van der Waals surface area contributed by atoms with E-state index >= 15 is 0 Å². The third-order valence-electron chi connectivity index (χ3n) is 5.74. The Labute approximate surface area is 138 Å². The van der Waals surface area contributed by atoms with Gasteiger partial charge in [0, 0.05) is 31.1 Å². The molecule has 0 aromatic heterocycles. The molecule has 3 aliphatic rings. The topological polar surface area (TPSA) is 50.4 Å². The summed E-state index contributed by atoms with van der Waals surface area (Å²) in [5, 5.41) is 6.52. The first-order valence-electron chi connectivity index (χ1n) is 9.07. The van der Waals surface area contributed by atoms with Crippen molar-refractivity contribution in [2.45, 2.75) is 38.0 Å². The summed E-state index contributed by atoms with van der Waals surface area (Å²) in [5.74, 6) is 2.52. The normalized spacial score (nSPS) is 27.7. The summed E-state index contributed by atoms with van der Waals surface area (Å²) in [4.78, 5) is 12.4. The van der Waals surface area contributed by atoms with Gasteiger partial charge in [0.2, 0.25) is 0 Å². The number of benzene rings is 1. The molecule has 0 spiro atoms. The van der Waals surface area contributed by atoms with Gasteiger partial charge in [-0.25, -0.2) is 0 Å². The molecule has 2 fully saturated rings. The Kier molecular flexibility index (Phi) is 4.25. The molecule has 4 heteroatoms. The van der Waals surface area contributed by atoms with Gasteiger partial charge in [0.15, 0.2) is 0 Å². The average molecular weight is 314 g/mol. The minimum absolute atomic E-state index is 0.0533. The fourth-order valence-corrected chi connectivity index (χ4v) is 4.34. The first-order valence-corrected chi connectivity index (χ1v) is 9.07. The van der Waals surface area contributed by atoms with E-state index in [1.807, 2.05) is 6.07 Å². The number of fused-ring (bicyclic) bond motifs is 3. The highest BCUT2D eigenvalue weighted by molar-refractivity contribution is 5.96. The Balaban J connectivity index is 1.51. The van der Waals surface area contributed by atoms with Crippen LogP contribution in [0.2, 0.25) is 0 Å². The standard InChI is InChI=1S/C19H26N2O2/c22-19-17-8-15(23-12-13-4-2-1-3-5-13)6-7-16(17)18-11-20-9-14(18)10-21-19/h6-8,13-14,18,20H,1-5,9-12H2,(H,21,22). The van der Waals surface area contributed by atoms with Gasteiger partial charge < -0.3 is 15.4 Å². The van der Waals surface area contributed by atoms with Gasteiger partial charge in [-0.15, -0.1) is 0 Å². The van der Waals surface area contributed by atoms with E-state index in [-0.39, 0.29) is 5.91 Å². The third-order valence-corrected chi connectivity index (χ3v) is 5.74. The smallest absolute Gasteiger partial charge is 0.251 e. The summed E-state index contributed by atoms with van der Waals surface area (Å²) >= 11 is 0. The van der Waals surface area contributed by atoms with Crippen molar-refractivity contribution in [2.75, 3.05) is 26.2 Å². The van der Waals surface area contributed by atoms with E-state index in [2.05, 4.69) is 22.8 Å². The van der Waals surface area contributed by atoms with Crippen LogP contribution in [-0.2, 0) is 0 Å². The monoisotopic (exact) mass is 314 g/mol. The van der Waals surface area contributed by atoms with Crippen LogP contribution in [-0.4, -0.2) is 32.1 Å². The van der Waals surface area contributed by atoms with E-state index in [4.69, 9.17) is 4.74 Å². The zero-order chi connectivity index (χ0) is 15.6. The molecule has 23 heavy (non-hydrogen) atoms. The summed E-state index contributed by atoms with van der Waals surface area (Å²) in [6.07, 6.45) is 6.58. The van der Waals surface area contributed by atoms with Crippen molar-refractivity contribution < 1.29 is 9.53 Å². The first-order chi connectivity index (χ1) is 11.3. The van der Waals surface area contributed by atoms with Crippen LogP contribution in [0, 0.1) is 11.8 Å². The van der Waals surface area contributed by atoms with Crippen LogP contribution in [0.1, 0.15) is 53.9 Å². The molecule has 2 heterocycles. The summed E-state index contributed by atoms with van der Waals surface area (Å²) in [6.45, 7) is 3.51. The quantitative estimate of drug-likeness (QED) is 0.902. The van der Waals surface area contributed by atoms with Crippen LogP contribution in [0.25, 0.3) is 0 Å². The van der Waals surface area contributed by atoms with Crippen LogP contribution in [0.15, 0.2) is 18.2 Å². The number of amides is 1. The Hall–Kier alpha value is -1.55. The van der Waals surface area contributed by atoms with Gasteiger partial charge in [-0.3, -0.25) is 4.79 Å². The second-order valence-electron chi connectivity index (χ2n) is 7.30. The lowest BCUT2D eigenvalue weighted by Crippen LogP contribution is -2.28. The van der Waals surface area contributed by atoms with E-state index in [9.17, 15) is 4.79 Å². The molecule has 2 atom stereocenters. The summed E-state index contributed by atoms with van der Waals surface area (Å²) in [7, 11) is 0. The van der Waals surface area contributed by atoms with Crippen LogP contribution in [0.5, 0.6) is 5.75 Å². The number of hydrogen-bond donors (Lipinski definition) is 2. The molecule has 0 bridgehead atoms. The van der Waals surface area contributed by atoms with E-state index < -0.39 is 0 Å². The Morgan fingerprint density at radius 1 is 1.09 bits per heavy atom. The van der Waals surface area contributed by atoms with Crippen molar-refractivity contribution in [1.82, 2.24) is 10.6 Å². The van der Waals surface area contributed by atoms with Crippen LogP contribution in [0.4, 0.5) is 0 Å². The molecule has 2 aliphatic heterocycles. The number of nitrogens with one attached hydrogen (secondary N) is 2. The molecule has 1 aromatic rings. The van der Waals surface area contributed by atoms with Crippen molar-refractivity contribution in [1.29, 1.82) is 0 Å². The average Bonchev–Trinajstić information content (AvgIpc) is 3.02. The molecule has 1 aromatic carbocycles. The van der Waals surface area contributed by atoms with Gasteiger partial charge in [-0.1, -0.05) is 25.3 Å². The minimum atomic E-state index is 0.0533. The number of rotatable bonds is 3. The molecule has 2 unspecified atom stereocenters. The predicted octanol–water partition coefficient (Wildman–Crippen LogP) is 2.69. The van der Waals surface area contributed by atoms with Gasteiger partial charge in [0.25, 0.3) is 5.91 Å². The number of hydrogen-bond acceptors (Lipinski definition) is 3. The van der Waals surface area contributed by atoms with Crippen molar-refractivity contribution in [2.24, 2.45) is 11.8 Å². The van der Waals surface area contributed by atoms with Gasteiger partial charge in [0.05, 0.1) is 6.61 Å². The number of carbonyl (C=O) groups excluding carboxylic acids is 1. The molecular weight excluding hydrogens is 288 g/mol. The van der Waals surface area contributed by atoms with E-state index in [0.717, 1.165) is 37.6 Å². The molecule has 4 nitrogen and oxygen atoms in total. The molecule has 1 saturated carbocycles. The summed E-state index contributed by atoms with van der Waals surface area (Å²) in [5.41, 5.74) is 1.99. The van der Waals surface area contributed by atoms with E-state index in [1.165, 1.54) is 37.7 Å². The first kappa shape index (κ1) is 15.0. The third kappa shape index (κ3) is 3.09. The SMILES string of the molecule is O=C1NCC2CNCC2c2ccc(OCC3CCCCC3)cc21. The highest BCUT2D eigenvalue weighted by Crippen LogP contribution is 2.34. The fraction of sp³-hybridized carbons (Fsp3) is 0.632. The predicted molar refractivity (Wildman–Crippen MR) is 89.9 cm³/mol. The fourth-order valence-electron chi connectivity index (χ4n) is 4.34. The number of ether oxygens (including phenoxy) is 1. The van der Waals surface area contributed by atoms with Gasteiger partial charge in [0.1, 0.15) is 5.75 Å². The van der Waals surface area contributed by atoms with Gasteiger partial charge >= 0.3 is 0 Å². The number of carbonyl (C=O) groups is 1. The lowest BCUT2D eigenvalue weighted by Gasteiger charge is -2.22. The largest absolute Gasteiger partial charge is 0.493 e. The molecule has 1 amide bonds. The highest BCUT2D eigenvalue weighted by Gasteiger charge is 2.34. The lowest BCUT2D eigenvalue weighted by atomic mass is 9.87. The Morgan fingerprint density at radius 3 is 2.83 bits per heavy atom. The van der Waals surface area contributed by atoms with Gasteiger partial charge in [-0.2, -0.15) is 0 Å². The lowest BCUT2D eigenvalue weighted by molar-refractivity contribution is 0.0951. The van der Waals surface area contributed by atoms with Crippen molar-refractivity contribution >= 4 is 5.91 Å². The second-order valence-corrected chi connectivity index (χ2v) is 7.30. The molecule has 2 N–H and O–H groups in total. The molecule has 0 radical (unpaired) electrons. The molecule has 124 valence electrons. The zero-order valence-corrected chi connectivity index (χ0v) is 13.6. The zero-order valence-electron chi connectivity index (χ0n) is 13.6. The van der Waals surface area contributed by atoms with Crippen molar-refractivity contribution in [3.63, 3.8) is 0 Å². The maximum Gasteiger partial charge on any atom is 0.251 e. The molecule has 1 saturated heterocycles. The summed E-state index contributed by atoms with van der Waals surface area (Å²) in [6, 6.07) is 6.12. The van der Waals surface area contributed by atoms with Gasteiger partial charge in [-0.05, 0) is 42.4 Å². The van der Waals surface area contributed by atoms with E-state index in [1.54, 1.807) is 0 Å². The second kappa shape index (κ2) is 6.52.